The maximum absolute atomic E-state index is 9.05. The Bertz CT molecular complexity index is 1150. The molecular formula is C25H13N5. The van der Waals surface area contributed by atoms with Gasteiger partial charge in [0.2, 0.25) is 0 Å². The first kappa shape index (κ1) is 18.6. The Kier molecular flexibility index (Phi) is 4.99. The van der Waals surface area contributed by atoms with Crippen molar-refractivity contribution in [3.8, 4) is 52.1 Å². The van der Waals surface area contributed by atoms with E-state index in [2.05, 4.69) is 18.2 Å². The lowest BCUT2D eigenvalue weighted by Crippen LogP contribution is -1.96. The van der Waals surface area contributed by atoms with Crippen LogP contribution in [0.3, 0.4) is 0 Å². The first-order valence-electron chi connectivity index (χ1n) is 9.11. The standard InChI is InChI=1S/C25H13N5/c26-14-17-1-7-20(8-2-17)23-13-24(21-9-3-18(15-27)4-10-21)30-25(29-23)22-11-5-19(16-28)6-12-22/h1-13H. The molecule has 0 saturated carbocycles. The maximum atomic E-state index is 9.05. The zero-order valence-electron chi connectivity index (χ0n) is 15.7. The first-order chi connectivity index (χ1) is 14.7. The van der Waals surface area contributed by atoms with Crippen LogP contribution >= 0.6 is 0 Å². The lowest BCUT2D eigenvalue weighted by Gasteiger charge is -2.09. The van der Waals surface area contributed by atoms with E-state index in [9.17, 15) is 0 Å². The van der Waals surface area contributed by atoms with Gasteiger partial charge in [-0.25, -0.2) is 9.97 Å². The minimum absolute atomic E-state index is 0.528. The van der Waals surface area contributed by atoms with Crippen LogP contribution < -0.4 is 0 Å². The molecule has 0 aliphatic heterocycles. The summed E-state index contributed by atoms with van der Waals surface area (Å²) in [5, 5.41) is 27.1. The molecule has 5 nitrogen and oxygen atoms in total. The van der Waals surface area contributed by atoms with Crippen molar-refractivity contribution in [3.63, 3.8) is 0 Å². The third kappa shape index (κ3) is 3.76. The van der Waals surface area contributed by atoms with Gasteiger partial charge in [-0.15, -0.1) is 0 Å². The molecule has 1 heterocycles. The van der Waals surface area contributed by atoms with E-state index in [0.717, 1.165) is 16.7 Å². The Morgan fingerprint density at radius 2 is 0.800 bits per heavy atom. The van der Waals surface area contributed by atoms with E-state index < -0.39 is 0 Å². The van der Waals surface area contributed by atoms with Crippen molar-refractivity contribution in [2.24, 2.45) is 0 Å². The van der Waals surface area contributed by atoms with Crippen molar-refractivity contribution < 1.29 is 0 Å². The average molecular weight is 383 g/mol. The number of hydrogen-bond donors (Lipinski definition) is 0. The smallest absolute Gasteiger partial charge is 0.160 e. The molecule has 0 aliphatic rings. The SMILES string of the molecule is N#Cc1ccc(-c2cc(-c3ccc(C#N)cc3)nc(-c3ccc(C#N)cc3)n2)cc1. The van der Waals surface area contributed by atoms with Crippen molar-refractivity contribution in [1.82, 2.24) is 9.97 Å². The van der Waals surface area contributed by atoms with Crippen molar-refractivity contribution in [1.29, 1.82) is 15.8 Å². The van der Waals surface area contributed by atoms with E-state index in [0.29, 0.717) is 33.9 Å². The topological polar surface area (TPSA) is 97.1 Å². The summed E-state index contributed by atoms with van der Waals surface area (Å²) in [6.07, 6.45) is 0. The molecule has 0 fully saturated rings. The molecule has 0 radical (unpaired) electrons. The van der Waals surface area contributed by atoms with E-state index >= 15 is 0 Å². The van der Waals surface area contributed by atoms with Gasteiger partial charge in [-0.05, 0) is 54.6 Å². The molecule has 0 aliphatic carbocycles. The lowest BCUT2D eigenvalue weighted by molar-refractivity contribution is 1.18. The van der Waals surface area contributed by atoms with E-state index in [4.69, 9.17) is 25.8 Å². The van der Waals surface area contributed by atoms with Crippen molar-refractivity contribution in [2.75, 3.05) is 0 Å². The van der Waals surface area contributed by atoms with Gasteiger partial charge < -0.3 is 0 Å². The van der Waals surface area contributed by atoms with Crippen molar-refractivity contribution in [3.05, 3.63) is 95.6 Å². The molecule has 0 N–H and O–H groups in total. The summed E-state index contributed by atoms with van der Waals surface area (Å²) in [6, 6.07) is 29.7. The number of nitriles is 3. The molecular weight excluding hydrogens is 370 g/mol. The zero-order chi connectivity index (χ0) is 20.9. The molecule has 4 rings (SSSR count). The van der Waals surface area contributed by atoms with Gasteiger partial charge in [0.05, 0.1) is 46.3 Å². The summed E-state index contributed by atoms with van der Waals surface area (Å²) in [5.41, 5.74) is 5.66. The van der Waals surface area contributed by atoms with Gasteiger partial charge in [0.15, 0.2) is 5.82 Å². The summed E-state index contributed by atoms with van der Waals surface area (Å²) in [4.78, 5) is 9.43. The fraction of sp³-hybridized carbons (Fsp3) is 0. The van der Waals surface area contributed by atoms with Gasteiger partial charge in [-0.2, -0.15) is 15.8 Å². The number of hydrogen-bond acceptors (Lipinski definition) is 5. The molecule has 0 bridgehead atoms. The fourth-order valence-electron chi connectivity index (χ4n) is 3.00. The van der Waals surface area contributed by atoms with Gasteiger partial charge in [0.1, 0.15) is 0 Å². The van der Waals surface area contributed by atoms with E-state index in [1.807, 2.05) is 42.5 Å². The van der Waals surface area contributed by atoms with Gasteiger partial charge in [-0.1, -0.05) is 24.3 Å². The minimum atomic E-state index is 0.528. The fourth-order valence-corrected chi connectivity index (χ4v) is 3.00. The van der Waals surface area contributed by atoms with Crippen LogP contribution in [0.1, 0.15) is 16.7 Å². The highest BCUT2D eigenvalue weighted by atomic mass is 14.9. The third-order valence-electron chi connectivity index (χ3n) is 4.62. The Balaban J connectivity index is 1.87. The van der Waals surface area contributed by atoms with Crippen LogP contribution in [-0.2, 0) is 0 Å². The summed E-state index contributed by atoms with van der Waals surface area (Å²) >= 11 is 0. The van der Waals surface area contributed by atoms with Crippen LogP contribution in [0.4, 0.5) is 0 Å². The second-order valence-corrected chi connectivity index (χ2v) is 6.53. The Morgan fingerprint density at radius 3 is 1.13 bits per heavy atom. The average Bonchev–Trinajstić information content (AvgIpc) is 2.84. The molecule has 3 aromatic carbocycles. The Morgan fingerprint density at radius 1 is 0.467 bits per heavy atom. The van der Waals surface area contributed by atoms with Crippen LogP contribution in [0.5, 0.6) is 0 Å². The van der Waals surface area contributed by atoms with E-state index in [1.165, 1.54) is 0 Å². The molecule has 5 heteroatoms. The zero-order valence-corrected chi connectivity index (χ0v) is 15.7. The van der Waals surface area contributed by atoms with Crippen LogP contribution in [0, 0.1) is 34.0 Å². The van der Waals surface area contributed by atoms with Crippen LogP contribution in [-0.4, -0.2) is 9.97 Å². The normalized spacial score (nSPS) is 9.90. The summed E-state index contributed by atoms with van der Waals surface area (Å²) in [5.74, 6) is 0.528. The maximum Gasteiger partial charge on any atom is 0.160 e. The quantitative estimate of drug-likeness (QED) is 0.491. The molecule has 0 unspecified atom stereocenters. The summed E-state index contributed by atoms with van der Waals surface area (Å²) in [6.45, 7) is 0. The molecule has 0 amide bonds. The van der Waals surface area contributed by atoms with E-state index in [-0.39, 0.29) is 0 Å². The van der Waals surface area contributed by atoms with Gasteiger partial charge in [-0.3, -0.25) is 0 Å². The first-order valence-corrected chi connectivity index (χ1v) is 9.11. The summed E-state index contributed by atoms with van der Waals surface area (Å²) in [7, 11) is 0. The predicted molar refractivity (Wildman–Crippen MR) is 112 cm³/mol. The number of nitrogens with zero attached hydrogens (tertiary/aromatic N) is 5. The number of aromatic nitrogens is 2. The second-order valence-electron chi connectivity index (χ2n) is 6.53. The number of benzene rings is 3. The monoisotopic (exact) mass is 383 g/mol. The van der Waals surface area contributed by atoms with Gasteiger partial charge >= 0.3 is 0 Å². The van der Waals surface area contributed by atoms with Gasteiger partial charge in [0, 0.05) is 16.7 Å². The highest BCUT2D eigenvalue weighted by molar-refractivity contribution is 5.72. The molecule has 4 aromatic rings. The van der Waals surface area contributed by atoms with E-state index in [1.54, 1.807) is 36.4 Å². The second kappa shape index (κ2) is 8.07. The predicted octanol–water partition coefficient (Wildman–Crippen LogP) is 5.09. The van der Waals surface area contributed by atoms with Gasteiger partial charge in [0.25, 0.3) is 0 Å². The Hall–Kier alpha value is -4.79. The number of rotatable bonds is 3. The molecule has 0 saturated heterocycles. The molecule has 1 aromatic heterocycles. The lowest BCUT2D eigenvalue weighted by atomic mass is 10.0. The molecule has 30 heavy (non-hydrogen) atoms. The molecule has 138 valence electrons. The largest absolute Gasteiger partial charge is 0.228 e. The van der Waals surface area contributed by atoms with Crippen molar-refractivity contribution in [2.45, 2.75) is 0 Å². The highest BCUT2D eigenvalue weighted by Crippen LogP contribution is 2.28. The third-order valence-corrected chi connectivity index (χ3v) is 4.62. The van der Waals surface area contributed by atoms with Crippen LogP contribution in [0.2, 0.25) is 0 Å². The highest BCUT2D eigenvalue weighted by Gasteiger charge is 2.11. The van der Waals surface area contributed by atoms with Crippen molar-refractivity contribution >= 4 is 0 Å². The molecule has 0 spiro atoms. The summed E-state index contributed by atoms with van der Waals surface area (Å²) < 4.78 is 0. The van der Waals surface area contributed by atoms with Crippen LogP contribution in [0.25, 0.3) is 33.9 Å². The van der Waals surface area contributed by atoms with Crippen LogP contribution in [0.15, 0.2) is 78.9 Å². The Labute approximate surface area is 173 Å². The minimum Gasteiger partial charge on any atom is -0.228 e. The molecule has 0 atom stereocenters.